The Morgan fingerprint density at radius 2 is 1.89 bits per heavy atom. The lowest BCUT2D eigenvalue weighted by Gasteiger charge is -1.97. The Balaban J connectivity index is 2.26. The molecule has 3 rings (SSSR count). The third kappa shape index (κ3) is 1.84. The molecule has 0 atom stereocenters. The number of thiophene rings is 1. The second-order valence-corrected chi connectivity index (χ2v) is 4.98. The molecule has 0 unspecified atom stereocenters. The van der Waals surface area contributed by atoms with Gasteiger partial charge in [0, 0.05) is 10.9 Å². The van der Waals surface area contributed by atoms with Crippen LogP contribution in [0.4, 0.5) is 0 Å². The molecule has 5 heteroatoms. The molecule has 0 bridgehead atoms. The zero-order valence-corrected chi connectivity index (χ0v) is 10.5. The van der Waals surface area contributed by atoms with Crippen molar-refractivity contribution in [2.24, 2.45) is 0 Å². The molecule has 1 aromatic carbocycles. The standard InChI is InChI=1S/C14H9NO3S/c16-13(10-6-3-7-19-10)12-11(14(17)18)8-4-1-2-5-9(8)15-12/h1-7,15H,(H,17,18). The van der Waals surface area contributed by atoms with Gasteiger partial charge in [0.25, 0.3) is 0 Å². The molecular weight excluding hydrogens is 262 g/mol. The smallest absolute Gasteiger partial charge is 0.338 e. The number of hydrogen-bond acceptors (Lipinski definition) is 3. The molecule has 0 aliphatic rings. The lowest BCUT2D eigenvalue weighted by atomic mass is 10.1. The molecule has 2 N–H and O–H groups in total. The highest BCUT2D eigenvalue weighted by molar-refractivity contribution is 7.12. The van der Waals surface area contributed by atoms with Crippen LogP contribution in [0.15, 0.2) is 41.8 Å². The van der Waals surface area contributed by atoms with Crippen LogP contribution >= 0.6 is 11.3 Å². The SMILES string of the molecule is O=C(c1cccs1)c1[nH]c2ccccc2c1C(=O)O. The van der Waals surface area contributed by atoms with E-state index in [1.165, 1.54) is 11.3 Å². The number of carboxylic acid groups (broad SMARTS) is 1. The van der Waals surface area contributed by atoms with Gasteiger partial charge >= 0.3 is 5.97 Å². The number of ketones is 1. The summed E-state index contributed by atoms with van der Waals surface area (Å²) in [4.78, 5) is 27.2. The van der Waals surface area contributed by atoms with Crippen molar-refractivity contribution in [1.82, 2.24) is 4.98 Å². The quantitative estimate of drug-likeness (QED) is 0.719. The Labute approximate surface area is 112 Å². The number of rotatable bonds is 3. The maximum absolute atomic E-state index is 12.3. The number of H-pyrrole nitrogens is 1. The van der Waals surface area contributed by atoms with Crippen molar-refractivity contribution >= 4 is 34.0 Å². The molecule has 2 aromatic heterocycles. The molecule has 0 aliphatic heterocycles. The average Bonchev–Trinajstić information content (AvgIpc) is 3.04. The van der Waals surface area contributed by atoms with E-state index in [4.69, 9.17) is 0 Å². The van der Waals surface area contributed by atoms with Crippen LogP contribution in [-0.2, 0) is 0 Å². The number of carboxylic acids is 1. The maximum atomic E-state index is 12.3. The van der Waals surface area contributed by atoms with Gasteiger partial charge in [0.2, 0.25) is 5.78 Å². The molecule has 2 heterocycles. The van der Waals surface area contributed by atoms with E-state index in [0.717, 1.165) is 0 Å². The summed E-state index contributed by atoms with van der Waals surface area (Å²) in [6.45, 7) is 0. The van der Waals surface area contributed by atoms with Crippen LogP contribution in [0.3, 0.4) is 0 Å². The summed E-state index contributed by atoms with van der Waals surface area (Å²) in [5, 5.41) is 11.7. The zero-order valence-electron chi connectivity index (χ0n) is 9.71. The van der Waals surface area contributed by atoms with E-state index in [2.05, 4.69) is 4.98 Å². The molecule has 0 saturated carbocycles. The number of aromatic nitrogens is 1. The fourth-order valence-corrected chi connectivity index (χ4v) is 2.74. The maximum Gasteiger partial charge on any atom is 0.338 e. The topological polar surface area (TPSA) is 70.2 Å². The fourth-order valence-electron chi connectivity index (χ4n) is 2.07. The van der Waals surface area contributed by atoms with E-state index in [9.17, 15) is 14.7 Å². The number of para-hydroxylation sites is 1. The molecule has 3 aromatic rings. The third-order valence-electron chi connectivity index (χ3n) is 2.89. The van der Waals surface area contributed by atoms with Gasteiger partial charge in [-0.15, -0.1) is 11.3 Å². The molecule has 0 radical (unpaired) electrons. The van der Waals surface area contributed by atoms with Crippen molar-refractivity contribution in [3.63, 3.8) is 0 Å². The van der Waals surface area contributed by atoms with Crippen LogP contribution in [0.25, 0.3) is 10.9 Å². The number of benzene rings is 1. The minimum atomic E-state index is -1.10. The summed E-state index contributed by atoms with van der Waals surface area (Å²) >= 11 is 1.29. The largest absolute Gasteiger partial charge is 0.478 e. The van der Waals surface area contributed by atoms with E-state index in [-0.39, 0.29) is 17.0 Å². The second kappa shape index (κ2) is 4.37. The molecule has 0 amide bonds. The molecule has 94 valence electrons. The number of aromatic amines is 1. The van der Waals surface area contributed by atoms with E-state index in [1.54, 1.807) is 41.8 Å². The van der Waals surface area contributed by atoms with Crippen LogP contribution in [0.2, 0.25) is 0 Å². The van der Waals surface area contributed by atoms with Gasteiger partial charge in [0.15, 0.2) is 0 Å². The molecule has 0 saturated heterocycles. The summed E-state index contributed by atoms with van der Waals surface area (Å²) in [7, 11) is 0. The van der Waals surface area contributed by atoms with Crippen LogP contribution < -0.4 is 0 Å². The lowest BCUT2D eigenvalue weighted by Crippen LogP contribution is -2.07. The first-order valence-electron chi connectivity index (χ1n) is 5.60. The molecule has 0 spiro atoms. The average molecular weight is 271 g/mol. The molecule has 0 aliphatic carbocycles. The first kappa shape index (κ1) is 11.7. The number of carbonyl (C=O) groups is 2. The van der Waals surface area contributed by atoms with Crippen LogP contribution in [-0.4, -0.2) is 21.8 Å². The van der Waals surface area contributed by atoms with E-state index >= 15 is 0 Å². The summed E-state index contributed by atoms with van der Waals surface area (Å²) in [5.74, 6) is -1.39. The Hall–Kier alpha value is -2.40. The van der Waals surface area contributed by atoms with Crippen LogP contribution in [0.1, 0.15) is 25.7 Å². The van der Waals surface area contributed by atoms with Crippen molar-refractivity contribution in [1.29, 1.82) is 0 Å². The predicted octanol–water partition coefficient (Wildman–Crippen LogP) is 3.16. The first-order valence-corrected chi connectivity index (χ1v) is 6.48. The summed E-state index contributed by atoms with van der Waals surface area (Å²) < 4.78 is 0. The number of aromatic carboxylic acids is 1. The third-order valence-corrected chi connectivity index (χ3v) is 3.76. The van der Waals surface area contributed by atoms with Crippen molar-refractivity contribution in [3.05, 3.63) is 57.9 Å². The minimum absolute atomic E-state index is 0.0361. The Bertz CT molecular complexity index is 771. The van der Waals surface area contributed by atoms with E-state index < -0.39 is 5.97 Å². The lowest BCUT2D eigenvalue weighted by molar-refractivity contribution is 0.0695. The number of carbonyl (C=O) groups excluding carboxylic acids is 1. The zero-order chi connectivity index (χ0) is 13.4. The van der Waals surface area contributed by atoms with Gasteiger partial charge in [-0.25, -0.2) is 4.79 Å². The summed E-state index contributed by atoms with van der Waals surface area (Å²) in [6, 6.07) is 10.4. The summed E-state index contributed by atoms with van der Waals surface area (Å²) in [6.07, 6.45) is 0. The molecule has 4 nitrogen and oxygen atoms in total. The van der Waals surface area contributed by atoms with Gasteiger partial charge in [0.05, 0.1) is 10.4 Å². The van der Waals surface area contributed by atoms with Gasteiger partial charge in [0.1, 0.15) is 5.69 Å². The van der Waals surface area contributed by atoms with Gasteiger partial charge in [-0.2, -0.15) is 0 Å². The molecule has 19 heavy (non-hydrogen) atoms. The van der Waals surface area contributed by atoms with Crippen molar-refractivity contribution in [2.75, 3.05) is 0 Å². The Morgan fingerprint density at radius 3 is 2.58 bits per heavy atom. The highest BCUT2D eigenvalue weighted by Crippen LogP contribution is 2.25. The predicted molar refractivity (Wildman–Crippen MR) is 73.0 cm³/mol. The Morgan fingerprint density at radius 1 is 1.11 bits per heavy atom. The highest BCUT2D eigenvalue weighted by atomic mass is 32.1. The van der Waals surface area contributed by atoms with Gasteiger partial charge in [-0.05, 0) is 17.5 Å². The van der Waals surface area contributed by atoms with Crippen LogP contribution in [0, 0.1) is 0 Å². The van der Waals surface area contributed by atoms with Crippen LogP contribution in [0.5, 0.6) is 0 Å². The fraction of sp³-hybridized carbons (Fsp3) is 0. The van der Waals surface area contributed by atoms with Crippen molar-refractivity contribution in [2.45, 2.75) is 0 Å². The second-order valence-electron chi connectivity index (χ2n) is 4.03. The molecular formula is C14H9NO3S. The molecule has 0 fully saturated rings. The normalized spacial score (nSPS) is 10.7. The first-order chi connectivity index (χ1) is 9.18. The number of hydrogen-bond donors (Lipinski definition) is 2. The van der Waals surface area contributed by atoms with Gasteiger partial charge < -0.3 is 10.1 Å². The van der Waals surface area contributed by atoms with Crippen molar-refractivity contribution < 1.29 is 14.7 Å². The van der Waals surface area contributed by atoms with Crippen molar-refractivity contribution in [3.8, 4) is 0 Å². The monoisotopic (exact) mass is 271 g/mol. The van der Waals surface area contributed by atoms with E-state index in [0.29, 0.717) is 15.8 Å². The summed E-state index contributed by atoms with van der Waals surface area (Å²) in [5.41, 5.74) is 0.824. The van der Waals surface area contributed by atoms with Gasteiger partial charge in [-0.3, -0.25) is 4.79 Å². The van der Waals surface area contributed by atoms with E-state index in [1.807, 2.05) is 0 Å². The van der Waals surface area contributed by atoms with Gasteiger partial charge in [-0.1, -0.05) is 24.3 Å². The Kier molecular flexibility index (Phi) is 2.68. The number of fused-ring (bicyclic) bond motifs is 1. The minimum Gasteiger partial charge on any atom is -0.478 e. The number of nitrogens with one attached hydrogen (secondary N) is 1. The highest BCUT2D eigenvalue weighted by Gasteiger charge is 2.23.